The lowest BCUT2D eigenvalue weighted by molar-refractivity contribution is -0.158. The number of rotatable bonds is 17. The highest BCUT2D eigenvalue weighted by Crippen LogP contribution is 2.54. The molecule has 4 aromatic carbocycles. The molecule has 0 spiro atoms. The van der Waals surface area contributed by atoms with Crippen molar-refractivity contribution in [1.82, 2.24) is 10.6 Å². The van der Waals surface area contributed by atoms with E-state index in [0.717, 1.165) is 17.7 Å². The molecule has 4 rings (SSSR count). The van der Waals surface area contributed by atoms with Crippen molar-refractivity contribution < 1.29 is 41.9 Å². The third-order valence-electron chi connectivity index (χ3n) is 7.40. The van der Waals surface area contributed by atoms with Gasteiger partial charge in [-0.2, -0.15) is 11.8 Å². The van der Waals surface area contributed by atoms with E-state index in [4.69, 9.17) is 41.7 Å². The summed E-state index contributed by atoms with van der Waals surface area (Å²) in [6.45, 7) is 3.34. The van der Waals surface area contributed by atoms with Crippen molar-refractivity contribution in [3.63, 3.8) is 0 Å². The number of carbonyl (C=O) groups is 3. The summed E-state index contributed by atoms with van der Waals surface area (Å²) < 4.78 is 51.8. The Morgan fingerprint density at radius 2 is 1.37 bits per heavy atom. The van der Waals surface area contributed by atoms with Gasteiger partial charge in [0.2, 0.25) is 6.10 Å². The van der Waals surface area contributed by atoms with Gasteiger partial charge in [0.25, 0.3) is 5.91 Å². The van der Waals surface area contributed by atoms with Crippen molar-refractivity contribution in [3.8, 4) is 11.5 Å². The fourth-order valence-corrected chi connectivity index (χ4v) is 7.58. The summed E-state index contributed by atoms with van der Waals surface area (Å²) in [5.41, 5.74) is 0.850. The summed E-state index contributed by atoms with van der Waals surface area (Å²) in [4.78, 5) is 40.6. The lowest BCUT2D eigenvalue weighted by Crippen LogP contribution is -2.46. The molecule has 3 atom stereocenters. The maximum atomic E-state index is 14.8. The zero-order valence-corrected chi connectivity index (χ0v) is 31.7. The number of ether oxygens (including phenoxy) is 2. The average molecular weight is 792 g/mol. The van der Waals surface area contributed by atoms with Crippen molar-refractivity contribution in [2.45, 2.75) is 44.8 Å². The van der Waals surface area contributed by atoms with E-state index in [-0.39, 0.29) is 30.1 Å². The quantitative estimate of drug-likeness (QED) is 0.0795. The first kappa shape index (κ1) is 40.5. The highest BCUT2D eigenvalue weighted by Gasteiger charge is 2.44. The second kappa shape index (κ2) is 19.6. The number of esters is 1. The molecule has 2 amide bonds. The van der Waals surface area contributed by atoms with Crippen LogP contribution >= 0.6 is 42.6 Å². The number of benzene rings is 4. The van der Waals surface area contributed by atoms with Gasteiger partial charge in [0.15, 0.2) is 5.78 Å². The number of halogens is 3. The van der Waals surface area contributed by atoms with Crippen molar-refractivity contribution in [3.05, 3.63) is 130 Å². The van der Waals surface area contributed by atoms with Crippen molar-refractivity contribution in [2.24, 2.45) is 5.92 Å². The van der Waals surface area contributed by atoms with Gasteiger partial charge in [0.1, 0.15) is 30.0 Å². The molecular formula is C37H38Cl2FN2O8PS. The van der Waals surface area contributed by atoms with Crippen molar-refractivity contribution in [1.29, 1.82) is 0 Å². The Bertz CT molecular complexity index is 1770. The van der Waals surface area contributed by atoms with Crippen LogP contribution in [0.15, 0.2) is 103 Å². The highest BCUT2D eigenvalue weighted by molar-refractivity contribution is 7.98. The summed E-state index contributed by atoms with van der Waals surface area (Å²) in [5, 5.41) is 6.06. The molecule has 0 heterocycles. The number of hydrogen-bond acceptors (Lipinski definition) is 9. The van der Waals surface area contributed by atoms with Crippen molar-refractivity contribution >= 4 is 60.5 Å². The van der Waals surface area contributed by atoms with Crippen LogP contribution in [0.3, 0.4) is 0 Å². The van der Waals surface area contributed by atoms with Gasteiger partial charge in [-0.15, -0.1) is 0 Å². The largest absolute Gasteiger partial charge is 0.453 e. The van der Waals surface area contributed by atoms with Crippen LogP contribution in [0.25, 0.3) is 0 Å². The molecule has 0 radical (unpaired) electrons. The Labute approximate surface area is 316 Å². The van der Waals surface area contributed by atoms with Gasteiger partial charge in [0.05, 0.1) is 0 Å². The Morgan fingerprint density at radius 1 is 0.808 bits per heavy atom. The summed E-state index contributed by atoms with van der Waals surface area (Å²) in [6, 6.07) is 24.7. The normalized spacial score (nSPS) is 13.0. The molecule has 4 aromatic rings. The standard InChI is InChI=1S/C37H38Cl2FN2O8PS/c1-24(2)35(51(46,49-30-17-11-27(38)12-18-30)50-31-19-13-28(39)14-20-31)42-34(43)33(26-9-15-29(40)16-10-26)48-36(44)32(21-22-52-3)41-37(45)47-23-25-7-5-4-6-8-25/h4-20,24,32-33,35H,21-23H2,1-3H3,(H,41,45)(H,42,43)/t32-,33-,35-/m0/s1. The molecule has 0 unspecified atom stereocenters. The smallest absolute Gasteiger partial charge is 0.446 e. The first-order valence-corrected chi connectivity index (χ1v) is 19.9. The van der Waals surface area contributed by atoms with Crippen LogP contribution in [-0.2, 0) is 30.2 Å². The fourth-order valence-electron chi connectivity index (χ4n) is 4.75. The number of nitrogens with one attached hydrogen (secondary N) is 2. The number of thioether (sulfide) groups is 1. The minimum Gasteiger partial charge on any atom is -0.446 e. The Hall–Kier alpha value is -4.22. The maximum absolute atomic E-state index is 14.8. The van der Waals surface area contributed by atoms with Crippen LogP contribution in [0, 0.1) is 11.7 Å². The lowest BCUT2D eigenvalue weighted by Gasteiger charge is -2.31. The monoisotopic (exact) mass is 790 g/mol. The minimum absolute atomic E-state index is 0.0373. The Kier molecular flexibility index (Phi) is 15.3. The average Bonchev–Trinajstić information content (AvgIpc) is 3.13. The maximum Gasteiger partial charge on any atom is 0.453 e. The highest BCUT2D eigenvalue weighted by atomic mass is 35.5. The molecule has 52 heavy (non-hydrogen) atoms. The van der Waals surface area contributed by atoms with E-state index >= 15 is 0 Å². The summed E-state index contributed by atoms with van der Waals surface area (Å²) in [6.07, 6.45) is -0.568. The van der Waals surface area contributed by atoms with Crippen LogP contribution in [0.4, 0.5) is 9.18 Å². The Morgan fingerprint density at radius 3 is 1.88 bits per heavy atom. The second-order valence-electron chi connectivity index (χ2n) is 11.7. The lowest BCUT2D eigenvalue weighted by atomic mass is 10.1. The molecular weight excluding hydrogens is 753 g/mol. The van der Waals surface area contributed by atoms with Gasteiger partial charge in [-0.3, -0.25) is 4.79 Å². The molecule has 0 bridgehead atoms. The van der Waals surface area contributed by atoms with E-state index in [1.54, 1.807) is 38.1 Å². The molecule has 0 aliphatic rings. The van der Waals surface area contributed by atoms with E-state index in [9.17, 15) is 23.3 Å². The summed E-state index contributed by atoms with van der Waals surface area (Å²) in [7, 11) is -4.37. The summed E-state index contributed by atoms with van der Waals surface area (Å²) >= 11 is 13.5. The minimum atomic E-state index is -4.37. The number of carbonyl (C=O) groups excluding carboxylic acids is 3. The van der Waals surface area contributed by atoms with E-state index in [0.29, 0.717) is 15.8 Å². The predicted molar refractivity (Wildman–Crippen MR) is 200 cm³/mol. The predicted octanol–water partition coefficient (Wildman–Crippen LogP) is 9.21. The number of hydrogen-bond donors (Lipinski definition) is 2. The molecule has 0 saturated carbocycles. The second-order valence-corrected chi connectivity index (χ2v) is 15.6. The van der Waals surface area contributed by atoms with E-state index in [1.165, 1.54) is 72.4 Å². The molecule has 0 aliphatic carbocycles. The topological polar surface area (TPSA) is 129 Å². The van der Waals surface area contributed by atoms with Crippen molar-refractivity contribution in [2.75, 3.05) is 12.0 Å². The molecule has 0 aromatic heterocycles. The first-order chi connectivity index (χ1) is 24.9. The molecule has 15 heteroatoms. The van der Waals surface area contributed by atoms with E-state index < -0.39 is 55.2 Å². The zero-order valence-electron chi connectivity index (χ0n) is 28.5. The van der Waals surface area contributed by atoms with Gasteiger partial charge in [-0.1, -0.05) is 79.5 Å². The van der Waals surface area contributed by atoms with Crippen LogP contribution < -0.4 is 19.7 Å². The van der Waals surface area contributed by atoms with Crippen LogP contribution in [-0.4, -0.2) is 41.8 Å². The SMILES string of the molecule is CSCC[C@H](NC(=O)OCc1ccccc1)C(=O)O[C@H](C(=O)N[C@H](C(C)C)P(=O)(Oc1ccc(Cl)cc1)Oc1ccc(Cl)cc1)c1ccc(F)cc1. The number of amides is 2. The third-order valence-corrected chi connectivity index (χ3v) is 10.9. The van der Waals surface area contributed by atoms with E-state index in [1.807, 2.05) is 12.3 Å². The molecule has 0 saturated heterocycles. The third kappa shape index (κ3) is 12.2. The van der Waals surface area contributed by atoms with Gasteiger partial charge in [0, 0.05) is 15.6 Å². The Balaban J connectivity index is 1.62. The summed E-state index contributed by atoms with van der Waals surface area (Å²) in [5.74, 6) is -3.60. The van der Waals surface area contributed by atoms with Gasteiger partial charge >= 0.3 is 19.7 Å². The molecule has 10 nitrogen and oxygen atoms in total. The molecule has 0 aliphatic heterocycles. The number of alkyl carbamates (subject to hydrolysis) is 1. The molecule has 276 valence electrons. The first-order valence-electron chi connectivity index (χ1n) is 16.1. The van der Waals surface area contributed by atoms with Crippen LogP contribution in [0.1, 0.15) is 37.5 Å². The molecule has 0 fully saturated rings. The fraction of sp³-hybridized carbons (Fsp3) is 0.270. The van der Waals surface area contributed by atoms with Gasteiger partial charge in [-0.05, 0) is 90.6 Å². The molecule has 2 N–H and O–H groups in total. The van der Waals surface area contributed by atoms with Gasteiger partial charge in [-0.25, -0.2) is 18.5 Å². The zero-order chi connectivity index (χ0) is 37.7. The van der Waals surface area contributed by atoms with E-state index in [2.05, 4.69) is 10.6 Å². The van der Waals surface area contributed by atoms with Gasteiger partial charge < -0.3 is 29.2 Å². The van der Waals surface area contributed by atoms with Crippen LogP contribution in [0.2, 0.25) is 10.0 Å². The van der Waals surface area contributed by atoms with Crippen LogP contribution in [0.5, 0.6) is 11.5 Å².